The Balaban J connectivity index is 1.11. The lowest BCUT2D eigenvalue weighted by molar-refractivity contribution is 0.0331. The molecule has 2 aromatic rings. The Morgan fingerprint density at radius 2 is 1.81 bits per heavy atom. The lowest BCUT2D eigenvalue weighted by Crippen LogP contribution is -2.46. The standard InChI is InChI=1S/C34H47N5O4/c1-25-10-16-38(17-11-25)33-35-22-30(26(2)36-33)32(41)37-18-13-34(14-19-37)12-3-4-20-42-23-28-8-6-15-39(28)31(40)27-7-5-9-29(21-27)43-24-34/h5,7,9,21-22,25,28H,3-4,6,8,10-20,23-24H2,1-2H3/t28-/m0/s1. The van der Waals surface area contributed by atoms with Crippen molar-refractivity contribution in [3.05, 3.63) is 47.3 Å². The van der Waals surface area contributed by atoms with Crippen molar-refractivity contribution in [1.82, 2.24) is 19.8 Å². The van der Waals surface area contributed by atoms with Gasteiger partial charge in [-0.05, 0) is 82.4 Å². The molecule has 2 amide bonds. The highest BCUT2D eigenvalue weighted by Gasteiger charge is 2.37. The number of ether oxygens (including phenoxy) is 2. The predicted molar refractivity (Wildman–Crippen MR) is 166 cm³/mol. The van der Waals surface area contributed by atoms with Gasteiger partial charge in [0.1, 0.15) is 5.75 Å². The fourth-order valence-electron chi connectivity index (χ4n) is 7.17. The highest BCUT2D eigenvalue weighted by atomic mass is 16.5. The average Bonchev–Trinajstić information content (AvgIpc) is 3.50. The van der Waals surface area contributed by atoms with E-state index in [1.54, 1.807) is 6.20 Å². The van der Waals surface area contributed by atoms with Gasteiger partial charge in [-0.3, -0.25) is 9.59 Å². The van der Waals surface area contributed by atoms with E-state index in [0.29, 0.717) is 44.0 Å². The van der Waals surface area contributed by atoms with E-state index < -0.39 is 0 Å². The molecule has 43 heavy (non-hydrogen) atoms. The number of hydrogen-bond acceptors (Lipinski definition) is 7. The zero-order valence-electron chi connectivity index (χ0n) is 25.9. The number of hydrogen-bond donors (Lipinski definition) is 0. The highest BCUT2D eigenvalue weighted by Crippen LogP contribution is 2.38. The van der Waals surface area contributed by atoms with Crippen LogP contribution in [0.5, 0.6) is 5.75 Å². The lowest BCUT2D eigenvalue weighted by Gasteiger charge is -2.42. The van der Waals surface area contributed by atoms with E-state index in [9.17, 15) is 9.59 Å². The maximum atomic E-state index is 13.6. The topological polar surface area (TPSA) is 88.1 Å². The third kappa shape index (κ3) is 6.82. The quantitative estimate of drug-likeness (QED) is 0.480. The van der Waals surface area contributed by atoms with Crippen LogP contribution in [-0.4, -0.2) is 90.2 Å². The number of likely N-dealkylation sites (tertiary alicyclic amines) is 1. The second kappa shape index (κ2) is 13.2. The molecule has 2 bridgehead atoms. The molecular weight excluding hydrogens is 542 g/mol. The van der Waals surface area contributed by atoms with Gasteiger partial charge in [0.25, 0.3) is 11.8 Å². The van der Waals surface area contributed by atoms with Crippen LogP contribution in [0.15, 0.2) is 30.5 Å². The molecular formula is C34H47N5O4. The van der Waals surface area contributed by atoms with Crippen molar-refractivity contribution in [2.45, 2.75) is 77.7 Å². The number of anilines is 1. The molecule has 4 aliphatic rings. The summed E-state index contributed by atoms with van der Waals surface area (Å²) < 4.78 is 12.5. The van der Waals surface area contributed by atoms with Crippen molar-refractivity contribution >= 4 is 17.8 Å². The predicted octanol–water partition coefficient (Wildman–Crippen LogP) is 5.13. The third-order valence-electron chi connectivity index (χ3n) is 10.2. The molecule has 4 aliphatic heterocycles. The molecule has 0 unspecified atom stereocenters. The van der Waals surface area contributed by atoms with Crippen LogP contribution >= 0.6 is 0 Å². The van der Waals surface area contributed by atoms with Crippen LogP contribution in [0.2, 0.25) is 0 Å². The Hall–Kier alpha value is -3.20. The summed E-state index contributed by atoms with van der Waals surface area (Å²) in [5.41, 5.74) is 1.99. The van der Waals surface area contributed by atoms with Crippen molar-refractivity contribution in [2.75, 3.05) is 57.4 Å². The van der Waals surface area contributed by atoms with Gasteiger partial charge in [-0.2, -0.15) is 0 Å². The van der Waals surface area contributed by atoms with Crippen LogP contribution in [0.1, 0.15) is 91.1 Å². The van der Waals surface area contributed by atoms with Gasteiger partial charge in [-0.15, -0.1) is 0 Å². The summed E-state index contributed by atoms with van der Waals surface area (Å²) in [5, 5.41) is 0. The minimum atomic E-state index is -0.0300. The molecule has 1 spiro atoms. The zero-order valence-corrected chi connectivity index (χ0v) is 25.9. The Labute approximate surface area is 255 Å². The fourth-order valence-corrected chi connectivity index (χ4v) is 7.17. The van der Waals surface area contributed by atoms with Gasteiger partial charge >= 0.3 is 0 Å². The zero-order chi connectivity index (χ0) is 29.8. The van der Waals surface area contributed by atoms with Crippen LogP contribution in [0, 0.1) is 18.3 Å². The summed E-state index contributed by atoms with van der Waals surface area (Å²) in [4.78, 5) is 42.5. The van der Waals surface area contributed by atoms with E-state index in [-0.39, 0.29) is 23.3 Å². The summed E-state index contributed by atoms with van der Waals surface area (Å²) in [5.74, 6) is 2.30. The van der Waals surface area contributed by atoms with Gasteiger partial charge < -0.3 is 24.2 Å². The Bertz CT molecular complexity index is 1290. The first-order valence-electron chi connectivity index (χ1n) is 16.4. The number of rotatable bonds is 2. The number of piperidine rings is 2. The Morgan fingerprint density at radius 3 is 2.60 bits per heavy atom. The maximum absolute atomic E-state index is 13.6. The van der Waals surface area contributed by atoms with Crippen LogP contribution in [0.25, 0.3) is 0 Å². The number of aromatic nitrogens is 2. The number of carbonyl (C=O) groups is 2. The van der Waals surface area contributed by atoms with Gasteiger partial charge in [0.05, 0.1) is 30.5 Å². The molecule has 1 aromatic carbocycles. The summed E-state index contributed by atoms with van der Waals surface area (Å²) in [6, 6.07) is 7.78. The van der Waals surface area contributed by atoms with Crippen LogP contribution in [0.4, 0.5) is 5.95 Å². The molecule has 1 aromatic heterocycles. The molecule has 0 N–H and O–H groups in total. The normalized spacial score (nSPS) is 23.8. The SMILES string of the molecule is Cc1nc(N2CCC(C)CC2)ncc1C(=O)N1CCC2(CCCCOC[C@@H]3CCCN3C(=O)c3cccc(c3)OC2)CC1. The molecule has 0 radical (unpaired) electrons. The molecule has 6 rings (SSSR count). The first-order chi connectivity index (χ1) is 20.9. The van der Waals surface area contributed by atoms with Crippen molar-refractivity contribution in [3.63, 3.8) is 0 Å². The van der Waals surface area contributed by atoms with Crippen LogP contribution in [-0.2, 0) is 4.74 Å². The van der Waals surface area contributed by atoms with Crippen LogP contribution in [0.3, 0.4) is 0 Å². The molecule has 0 saturated carbocycles. The fraction of sp³-hybridized carbons (Fsp3) is 0.647. The second-order valence-electron chi connectivity index (χ2n) is 13.3. The number of fused-ring (bicyclic) bond motifs is 3. The van der Waals surface area contributed by atoms with E-state index in [0.717, 1.165) is 101 Å². The van der Waals surface area contributed by atoms with Gasteiger partial charge in [0.15, 0.2) is 0 Å². The molecule has 5 heterocycles. The number of benzene rings is 1. The first-order valence-corrected chi connectivity index (χ1v) is 16.4. The summed E-state index contributed by atoms with van der Waals surface area (Å²) in [6.45, 7) is 10.2. The Kier molecular flexibility index (Phi) is 9.17. The van der Waals surface area contributed by atoms with E-state index in [4.69, 9.17) is 14.5 Å². The number of amides is 2. The monoisotopic (exact) mass is 589 g/mol. The lowest BCUT2D eigenvalue weighted by atomic mass is 9.75. The average molecular weight is 590 g/mol. The molecule has 3 saturated heterocycles. The smallest absolute Gasteiger partial charge is 0.257 e. The molecule has 1 atom stereocenters. The first kappa shape index (κ1) is 29.9. The summed E-state index contributed by atoms with van der Waals surface area (Å²) in [7, 11) is 0. The minimum absolute atomic E-state index is 0.0180. The molecule has 232 valence electrons. The van der Waals surface area contributed by atoms with Gasteiger partial charge in [0, 0.05) is 56.5 Å². The molecule has 0 aliphatic carbocycles. The number of carbonyl (C=O) groups excluding carboxylic acids is 2. The van der Waals surface area contributed by atoms with Gasteiger partial charge in [-0.1, -0.05) is 19.4 Å². The van der Waals surface area contributed by atoms with Gasteiger partial charge in [0.2, 0.25) is 5.95 Å². The highest BCUT2D eigenvalue weighted by molar-refractivity contribution is 5.95. The Morgan fingerprint density at radius 1 is 1.00 bits per heavy atom. The number of aryl methyl sites for hydroxylation is 1. The number of nitrogens with zero attached hydrogens (tertiary/aromatic N) is 5. The van der Waals surface area contributed by atoms with Gasteiger partial charge in [-0.25, -0.2) is 9.97 Å². The summed E-state index contributed by atoms with van der Waals surface area (Å²) >= 11 is 0. The maximum Gasteiger partial charge on any atom is 0.257 e. The molecule has 3 fully saturated rings. The third-order valence-corrected chi connectivity index (χ3v) is 10.2. The van der Waals surface area contributed by atoms with Crippen molar-refractivity contribution in [1.29, 1.82) is 0 Å². The summed E-state index contributed by atoms with van der Waals surface area (Å²) in [6.07, 6.45) is 10.9. The van der Waals surface area contributed by atoms with Crippen molar-refractivity contribution in [3.8, 4) is 5.75 Å². The molecule has 9 heteroatoms. The van der Waals surface area contributed by atoms with E-state index >= 15 is 0 Å². The molecule has 9 nitrogen and oxygen atoms in total. The van der Waals surface area contributed by atoms with E-state index in [1.165, 1.54) is 0 Å². The van der Waals surface area contributed by atoms with Crippen molar-refractivity contribution < 1.29 is 19.1 Å². The second-order valence-corrected chi connectivity index (χ2v) is 13.3. The van der Waals surface area contributed by atoms with Crippen molar-refractivity contribution in [2.24, 2.45) is 11.3 Å². The minimum Gasteiger partial charge on any atom is -0.493 e. The van der Waals surface area contributed by atoms with E-state index in [2.05, 4.69) is 16.8 Å². The largest absolute Gasteiger partial charge is 0.493 e. The van der Waals surface area contributed by atoms with E-state index in [1.807, 2.05) is 41.0 Å². The van der Waals surface area contributed by atoms with Crippen LogP contribution < -0.4 is 9.64 Å².